The molecule has 122 valence electrons. The zero-order valence-corrected chi connectivity index (χ0v) is 13.9. The van der Waals surface area contributed by atoms with Gasteiger partial charge in [-0.3, -0.25) is 4.90 Å². The van der Waals surface area contributed by atoms with Gasteiger partial charge in [0.15, 0.2) is 11.5 Å². The van der Waals surface area contributed by atoms with Crippen LogP contribution in [0, 0.1) is 5.92 Å². The summed E-state index contributed by atoms with van der Waals surface area (Å²) < 4.78 is 16.2. The van der Waals surface area contributed by atoms with Crippen molar-refractivity contribution in [1.82, 2.24) is 4.90 Å². The minimum Gasteiger partial charge on any atom is -0.493 e. The molecular formula is C18H27NO3. The number of hydrogen-bond acceptors (Lipinski definition) is 4. The van der Waals surface area contributed by atoms with Crippen molar-refractivity contribution in [3.05, 3.63) is 23.3 Å². The molecule has 0 amide bonds. The summed E-state index contributed by atoms with van der Waals surface area (Å²) in [7, 11) is 5.21. The van der Waals surface area contributed by atoms with Gasteiger partial charge in [-0.05, 0) is 54.9 Å². The lowest BCUT2D eigenvalue weighted by Gasteiger charge is -2.38. The molecule has 2 aliphatic rings. The number of benzene rings is 1. The second kappa shape index (κ2) is 6.88. The van der Waals surface area contributed by atoms with Crippen molar-refractivity contribution < 1.29 is 14.2 Å². The Morgan fingerprint density at radius 1 is 1.09 bits per heavy atom. The SMILES string of the molecule is COCCCN1CCc2cc(OC)c(OC)cc2C1C1CC1. The van der Waals surface area contributed by atoms with Crippen molar-refractivity contribution in [2.24, 2.45) is 5.92 Å². The first-order valence-corrected chi connectivity index (χ1v) is 8.26. The fourth-order valence-corrected chi connectivity index (χ4v) is 3.66. The molecule has 1 aromatic carbocycles. The van der Waals surface area contributed by atoms with Crippen LogP contribution in [0.1, 0.15) is 36.4 Å². The van der Waals surface area contributed by atoms with E-state index in [1.165, 1.54) is 24.0 Å². The summed E-state index contributed by atoms with van der Waals surface area (Å²) in [6.07, 6.45) is 4.88. The van der Waals surface area contributed by atoms with Crippen molar-refractivity contribution in [3.63, 3.8) is 0 Å². The highest BCUT2D eigenvalue weighted by Gasteiger charge is 2.39. The number of ether oxygens (including phenoxy) is 3. The molecule has 3 rings (SSSR count). The van der Waals surface area contributed by atoms with Gasteiger partial charge in [0.2, 0.25) is 0 Å². The summed E-state index contributed by atoms with van der Waals surface area (Å²) in [4.78, 5) is 2.64. The maximum absolute atomic E-state index is 5.52. The Bertz CT molecular complexity index is 513. The van der Waals surface area contributed by atoms with Crippen LogP contribution in [-0.2, 0) is 11.2 Å². The van der Waals surface area contributed by atoms with E-state index in [2.05, 4.69) is 17.0 Å². The molecule has 0 aromatic heterocycles. The molecule has 0 saturated heterocycles. The lowest BCUT2D eigenvalue weighted by Crippen LogP contribution is -2.37. The van der Waals surface area contributed by atoms with Crippen molar-refractivity contribution in [1.29, 1.82) is 0 Å². The van der Waals surface area contributed by atoms with Crippen LogP contribution in [0.2, 0.25) is 0 Å². The normalized spacial score (nSPS) is 21.5. The number of hydrogen-bond donors (Lipinski definition) is 0. The number of nitrogens with zero attached hydrogens (tertiary/aromatic N) is 1. The highest BCUT2D eigenvalue weighted by Crippen LogP contribution is 2.49. The molecule has 1 aliphatic heterocycles. The van der Waals surface area contributed by atoms with Gasteiger partial charge in [-0.1, -0.05) is 0 Å². The Morgan fingerprint density at radius 2 is 1.82 bits per heavy atom. The average Bonchev–Trinajstić information content (AvgIpc) is 3.38. The van der Waals surface area contributed by atoms with Crippen LogP contribution < -0.4 is 9.47 Å². The van der Waals surface area contributed by atoms with Crippen molar-refractivity contribution in [3.8, 4) is 11.5 Å². The molecule has 4 nitrogen and oxygen atoms in total. The molecule has 0 spiro atoms. The van der Waals surface area contributed by atoms with Crippen LogP contribution in [0.5, 0.6) is 11.5 Å². The van der Waals surface area contributed by atoms with Gasteiger partial charge in [0, 0.05) is 32.8 Å². The first-order valence-electron chi connectivity index (χ1n) is 8.26. The molecule has 1 atom stereocenters. The third-order valence-corrected chi connectivity index (χ3v) is 4.89. The van der Waals surface area contributed by atoms with Crippen molar-refractivity contribution >= 4 is 0 Å². The van der Waals surface area contributed by atoms with Gasteiger partial charge in [-0.15, -0.1) is 0 Å². The lowest BCUT2D eigenvalue weighted by atomic mass is 9.89. The van der Waals surface area contributed by atoms with E-state index in [0.29, 0.717) is 6.04 Å². The van der Waals surface area contributed by atoms with Crippen LogP contribution in [-0.4, -0.2) is 45.9 Å². The van der Waals surface area contributed by atoms with Gasteiger partial charge >= 0.3 is 0 Å². The second-order valence-electron chi connectivity index (χ2n) is 6.32. The van der Waals surface area contributed by atoms with Gasteiger partial charge in [0.25, 0.3) is 0 Å². The Morgan fingerprint density at radius 3 is 2.45 bits per heavy atom. The lowest BCUT2D eigenvalue weighted by molar-refractivity contribution is 0.132. The first-order chi connectivity index (χ1) is 10.8. The van der Waals surface area contributed by atoms with Crippen LogP contribution in [0.25, 0.3) is 0 Å². The monoisotopic (exact) mass is 305 g/mol. The van der Waals surface area contributed by atoms with E-state index in [4.69, 9.17) is 14.2 Å². The Balaban J connectivity index is 1.87. The standard InChI is InChI=1S/C18H27NO3/c1-20-10-4-8-19-9-7-14-11-16(21-2)17(22-3)12-15(14)18(19)13-5-6-13/h11-13,18H,4-10H2,1-3H3. The quantitative estimate of drug-likeness (QED) is 0.725. The zero-order chi connectivity index (χ0) is 15.5. The molecule has 1 fully saturated rings. The molecule has 0 N–H and O–H groups in total. The van der Waals surface area contributed by atoms with Crippen molar-refractivity contribution in [2.45, 2.75) is 31.7 Å². The van der Waals surface area contributed by atoms with Crippen LogP contribution >= 0.6 is 0 Å². The molecule has 22 heavy (non-hydrogen) atoms. The summed E-state index contributed by atoms with van der Waals surface area (Å²) in [6, 6.07) is 4.93. The number of fused-ring (bicyclic) bond motifs is 1. The maximum Gasteiger partial charge on any atom is 0.161 e. The molecule has 1 heterocycles. The minimum atomic E-state index is 0.542. The van der Waals surface area contributed by atoms with Crippen LogP contribution in [0.15, 0.2) is 12.1 Å². The number of rotatable bonds is 7. The third-order valence-electron chi connectivity index (χ3n) is 4.89. The van der Waals surface area contributed by atoms with Gasteiger partial charge in [0.05, 0.1) is 14.2 Å². The third kappa shape index (κ3) is 3.08. The van der Waals surface area contributed by atoms with Gasteiger partial charge in [-0.25, -0.2) is 0 Å². The van der Waals surface area contributed by atoms with E-state index < -0.39 is 0 Å². The summed E-state index contributed by atoms with van der Waals surface area (Å²) in [5, 5.41) is 0. The zero-order valence-electron chi connectivity index (χ0n) is 13.9. The molecule has 1 aromatic rings. The highest BCUT2D eigenvalue weighted by atomic mass is 16.5. The van der Waals surface area contributed by atoms with E-state index in [9.17, 15) is 0 Å². The van der Waals surface area contributed by atoms with Gasteiger partial charge in [-0.2, -0.15) is 0 Å². The molecular weight excluding hydrogens is 278 g/mol. The summed E-state index contributed by atoms with van der Waals surface area (Å²) >= 11 is 0. The topological polar surface area (TPSA) is 30.9 Å². The minimum absolute atomic E-state index is 0.542. The van der Waals surface area contributed by atoms with Crippen LogP contribution in [0.4, 0.5) is 0 Å². The fraction of sp³-hybridized carbons (Fsp3) is 0.667. The Labute approximate surface area is 133 Å². The van der Waals surface area contributed by atoms with E-state index >= 15 is 0 Å². The second-order valence-corrected chi connectivity index (χ2v) is 6.32. The molecule has 1 unspecified atom stereocenters. The smallest absolute Gasteiger partial charge is 0.161 e. The predicted molar refractivity (Wildman–Crippen MR) is 86.8 cm³/mol. The highest BCUT2D eigenvalue weighted by molar-refractivity contribution is 5.49. The molecule has 1 aliphatic carbocycles. The predicted octanol–water partition coefficient (Wildman–Crippen LogP) is 3.05. The maximum atomic E-state index is 5.52. The van der Waals surface area contributed by atoms with Crippen molar-refractivity contribution in [2.75, 3.05) is 41.0 Å². The van der Waals surface area contributed by atoms with E-state index in [1.807, 2.05) is 0 Å². The summed E-state index contributed by atoms with van der Waals surface area (Å²) in [6.45, 7) is 3.09. The summed E-state index contributed by atoms with van der Waals surface area (Å²) in [5.41, 5.74) is 2.88. The molecule has 1 saturated carbocycles. The Hall–Kier alpha value is -1.26. The van der Waals surface area contributed by atoms with E-state index in [-0.39, 0.29) is 0 Å². The van der Waals surface area contributed by atoms with Gasteiger partial charge < -0.3 is 14.2 Å². The number of methoxy groups -OCH3 is 3. The average molecular weight is 305 g/mol. The Kier molecular flexibility index (Phi) is 4.89. The molecule has 4 heteroatoms. The van der Waals surface area contributed by atoms with Gasteiger partial charge in [0.1, 0.15) is 0 Å². The molecule has 0 bridgehead atoms. The van der Waals surface area contributed by atoms with Crippen LogP contribution in [0.3, 0.4) is 0 Å². The van der Waals surface area contributed by atoms with E-state index in [0.717, 1.165) is 50.0 Å². The van der Waals surface area contributed by atoms with E-state index in [1.54, 1.807) is 21.3 Å². The fourth-order valence-electron chi connectivity index (χ4n) is 3.66. The summed E-state index contributed by atoms with van der Waals surface area (Å²) in [5.74, 6) is 2.51. The molecule has 0 radical (unpaired) electrons. The largest absolute Gasteiger partial charge is 0.493 e. The first kappa shape index (κ1) is 15.6.